The SMILES string of the molecule is COc1ccc([C@H]2CC(c3ccc(C)c(C)c3)=NN2C(=O)CN(CCN2CCOCC2)C(=O)C2CCCC2)cc1OC. The number of morpholine rings is 1. The number of amides is 2. The fourth-order valence-corrected chi connectivity index (χ4v) is 6.18. The number of hydrogen-bond donors (Lipinski definition) is 0. The van der Waals surface area contributed by atoms with E-state index in [4.69, 9.17) is 19.3 Å². The molecule has 0 bridgehead atoms. The smallest absolute Gasteiger partial charge is 0.262 e. The third kappa shape index (κ3) is 6.79. The number of nitrogens with zero attached hydrogens (tertiary/aromatic N) is 4. The minimum atomic E-state index is -0.323. The van der Waals surface area contributed by atoms with Crippen LogP contribution >= 0.6 is 0 Å². The number of benzene rings is 2. The maximum absolute atomic E-state index is 14.1. The van der Waals surface area contributed by atoms with Crippen molar-refractivity contribution in [1.29, 1.82) is 0 Å². The summed E-state index contributed by atoms with van der Waals surface area (Å²) in [6, 6.07) is 11.7. The van der Waals surface area contributed by atoms with Crippen LogP contribution in [0.2, 0.25) is 0 Å². The molecule has 3 aliphatic rings. The second-order valence-electron chi connectivity index (χ2n) is 11.6. The van der Waals surface area contributed by atoms with E-state index < -0.39 is 0 Å². The van der Waals surface area contributed by atoms with Gasteiger partial charge in [0.1, 0.15) is 6.54 Å². The first-order chi connectivity index (χ1) is 20.4. The zero-order valence-electron chi connectivity index (χ0n) is 25.4. The van der Waals surface area contributed by atoms with Gasteiger partial charge in [-0.2, -0.15) is 5.10 Å². The lowest BCUT2D eigenvalue weighted by Gasteiger charge is -2.32. The van der Waals surface area contributed by atoms with Gasteiger partial charge in [-0.05, 0) is 67.1 Å². The summed E-state index contributed by atoms with van der Waals surface area (Å²) in [5.74, 6) is 1.14. The molecule has 5 rings (SSSR count). The van der Waals surface area contributed by atoms with Gasteiger partial charge in [0.05, 0.1) is 39.2 Å². The molecule has 1 atom stereocenters. The lowest BCUT2D eigenvalue weighted by atomic mass is 9.96. The van der Waals surface area contributed by atoms with Crippen LogP contribution in [0.4, 0.5) is 0 Å². The van der Waals surface area contributed by atoms with Gasteiger partial charge in [-0.3, -0.25) is 14.5 Å². The molecule has 2 aliphatic heterocycles. The second kappa shape index (κ2) is 13.7. The van der Waals surface area contributed by atoms with Crippen LogP contribution < -0.4 is 9.47 Å². The molecule has 9 nitrogen and oxygen atoms in total. The normalized spacial score (nSPS) is 19.6. The van der Waals surface area contributed by atoms with Crippen LogP contribution in [-0.2, 0) is 14.3 Å². The molecule has 0 N–H and O–H groups in total. The number of methoxy groups -OCH3 is 2. The Bertz CT molecular complexity index is 1300. The summed E-state index contributed by atoms with van der Waals surface area (Å²) in [6.45, 7) is 8.52. The van der Waals surface area contributed by atoms with Gasteiger partial charge >= 0.3 is 0 Å². The van der Waals surface area contributed by atoms with E-state index >= 15 is 0 Å². The fraction of sp³-hybridized carbons (Fsp3) is 0.545. The fourth-order valence-electron chi connectivity index (χ4n) is 6.18. The standard InChI is InChI=1S/C33H44N4O5/c1-23-9-10-26(19-24(23)2)28-21-29(27-11-12-30(40-3)31(20-27)41-4)37(34-28)32(38)22-36(33(39)25-7-5-6-8-25)14-13-35-15-17-42-18-16-35/h9-12,19-20,25,29H,5-8,13-18,21-22H2,1-4H3/t29-/m1/s1. The number of ether oxygens (including phenoxy) is 3. The molecule has 0 spiro atoms. The Morgan fingerprint density at radius 3 is 2.40 bits per heavy atom. The molecule has 2 amide bonds. The van der Waals surface area contributed by atoms with Crippen LogP contribution in [0.1, 0.15) is 60.4 Å². The van der Waals surface area contributed by atoms with Crippen molar-refractivity contribution in [2.24, 2.45) is 11.0 Å². The average molecular weight is 577 g/mol. The largest absolute Gasteiger partial charge is 0.493 e. The monoisotopic (exact) mass is 576 g/mol. The van der Waals surface area contributed by atoms with E-state index in [1.54, 1.807) is 24.1 Å². The number of hydrogen-bond acceptors (Lipinski definition) is 7. The summed E-state index contributed by atoms with van der Waals surface area (Å²) in [4.78, 5) is 31.9. The number of carbonyl (C=O) groups is 2. The predicted octanol–water partition coefficient (Wildman–Crippen LogP) is 4.35. The Kier molecular flexibility index (Phi) is 9.80. The Morgan fingerprint density at radius 2 is 1.71 bits per heavy atom. The molecule has 0 radical (unpaired) electrons. The van der Waals surface area contributed by atoms with Gasteiger partial charge in [0.25, 0.3) is 5.91 Å². The van der Waals surface area contributed by atoms with Gasteiger partial charge in [0.2, 0.25) is 5.91 Å². The van der Waals surface area contributed by atoms with E-state index in [0.717, 1.165) is 62.2 Å². The van der Waals surface area contributed by atoms with Gasteiger partial charge < -0.3 is 19.1 Å². The summed E-state index contributed by atoms with van der Waals surface area (Å²) in [5.41, 5.74) is 5.16. The molecule has 0 unspecified atom stereocenters. The van der Waals surface area contributed by atoms with E-state index in [1.165, 1.54) is 11.1 Å². The summed E-state index contributed by atoms with van der Waals surface area (Å²) in [5, 5.41) is 6.50. The van der Waals surface area contributed by atoms with Crippen LogP contribution in [0.5, 0.6) is 11.5 Å². The Hall–Kier alpha value is -3.43. The summed E-state index contributed by atoms with van der Waals surface area (Å²) in [6.07, 6.45) is 4.49. The minimum absolute atomic E-state index is 0.00249. The van der Waals surface area contributed by atoms with Crippen molar-refractivity contribution in [2.45, 2.75) is 52.0 Å². The Morgan fingerprint density at radius 1 is 0.976 bits per heavy atom. The molecule has 9 heteroatoms. The van der Waals surface area contributed by atoms with Gasteiger partial charge in [-0.1, -0.05) is 31.0 Å². The molecule has 0 aromatic heterocycles. The zero-order valence-corrected chi connectivity index (χ0v) is 25.4. The van der Waals surface area contributed by atoms with Crippen molar-refractivity contribution in [3.05, 3.63) is 58.7 Å². The van der Waals surface area contributed by atoms with Crippen LogP contribution in [0.3, 0.4) is 0 Å². The number of hydrazone groups is 1. The maximum atomic E-state index is 14.1. The van der Waals surface area contributed by atoms with E-state index in [9.17, 15) is 9.59 Å². The molecule has 1 aliphatic carbocycles. The molecule has 1 saturated carbocycles. The number of aryl methyl sites for hydroxylation is 2. The first-order valence-corrected chi connectivity index (χ1v) is 15.2. The summed E-state index contributed by atoms with van der Waals surface area (Å²) < 4.78 is 16.5. The summed E-state index contributed by atoms with van der Waals surface area (Å²) in [7, 11) is 3.22. The molecule has 1 saturated heterocycles. The quantitative estimate of drug-likeness (QED) is 0.418. The second-order valence-corrected chi connectivity index (χ2v) is 11.6. The molecule has 2 fully saturated rings. The van der Waals surface area contributed by atoms with Gasteiger partial charge in [-0.25, -0.2) is 5.01 Å². The Labute approximate surface area is 249 Å². The third-order valence-electron chi connectivity index (χ3n) is 8.93. The van der Waals surface area contributed by atoms with Crippen LogP contribution in [0.15, 0.2) is 41.5 Å². The molecule has 226 valence electrons. The first-order valence-electron chi connectivity index (χ1n) is 15.2. The van der Waals surface area contributed by atoms with Crippen molar-refractivity contribution in [2.75, 3.05) is 60.2 Å². The van der Waals surface area contributed by atoms with Crippen molar-refractivity contribution >= 4 is 17.5 Å². The van der Waals surface area contributed by atoms with E-state index in [1.807, 2.05) is 18.2 Å². The first kappa shape index (κ1) is 30.0. The number of rotatable bonds is 10. The highest BCUT2D eigenvalue weighted by Gasteiger charge is 2.36. The lowest BCUT2D eigenvalue weighted by molar-refractivity contribution is -0.144. The van der Waals surface area contributed by atoms with Crippen molar-refractivity contribution in [1.82, 2.24) is 14.8 Å². The molecular weight excluding hydrogens is 532 g/mol. The highest BCUT2D eigenvalue weighted by molar-refractivity contribution is 6.03. The topological polar surface area (TPSA) is 83.9 Å². The van der Waals surface area contributed by atoms with Crippen LogP contribution in [0, 0.1) is 19.8 Å². The van der Waals surface area contributed by atoms with Crippen LogP contribution in [-0.4, -0.2) is 92.5 Å². The highest BCUT2D eigenvalue weighted by atomic mass is 16.5. The van der Waals surface area contributed by atoms with E-state index in [0.29, 0.717) is 37.7 Å². The Balaban J connectivity index is 1.42. The van der Waals surface area contributed by atoms with E-state index in [-0.39, 0.29) is 30.3 Å². The average Bonchev–Trinajstić information content (AvgIpc) is 3.72. The molecule has 42 heavy (non-hydrogen) atoms. The number of carbonyl (C=O) groups excluding carboxylic acids is 2. The van der Waals surface area contributed by atoms with Crippen LogP contribution in [0.25, 0.3) is 0 Å². The van der Waals surface area contributed by atoms with Gasteiger partial charge in [-0.15, -0.1) is 0 Å². The highest BCUT2D eigenvalue weighted by Crippen LogP contribution is 2.38. The molecule has 2 aromatic carbocycles. The molecular formula is C33H44N4O5. The summed E-state index contributed by atoms with van der Waals surface area (Å²) >= 11 is 0. The predicted molar refractivity (Wildman–Crippen MR) is 162 cm³/mol. The third-order valence-corrected chi connectivity index (χ3v) is 8.93. The van der Waals surface area contributed by atoms with Gasteiger partial charge in [0.15, 0.2) is 11.5 Å². The van der Waals surface area contributed by atoms with Gasteiger partial charge in [0, 0.05) is 38.5 Å². The zero-order chi connectivity index (χ0) is 29.6. The van der Waals surface area contributed by atoms with E-state index in [2.05, 4.69) is 36.9 Å². The maximum Gasteiger partial charge on any atom is 0.262 e. The molecule has 2 aromatic rings. The van der Waals surface area contributed by atoms with Crippen molar-refractivity contribution in [3.8, 4) is 11.5 Å². The van der Waals surface area contributed by atoms with Crippen molar-refractivity contribution in [3.63, 3.8) is 0 Å². The molecule has 2 heterocycles. The van der Waals surface area contributed by atoms with Crippen molar-refractivity contribution < 1.29 is 23.8 Å². The lowest BCUT2D eigenvalue weighted by Crippen LogP contribution is -2.47. The minimum Gasteiger partial charge on any atom is -0.493 e.